The van der Waals surface area contributed by atoms with Gasteiger partial charge in [0.15, 0.2) is 0 Å². The highest BCUT2D eigenvalue weighted by atomic mass is 35.5. The van der Waals surface area contributed by atoms with E-state index in [0.29, 0.717) is 0 Å². The van der Waals surface area contributed by atoms with E-state index in [1.807, 2.05) is 0 Å². The van der Waals surface area contributed by atoms with Gasteiger partial charge in [0.05, 0.1) is 12.4 Å². The van der Waals surface area contributed by atoms with Crippen LogP contribution in [0.25, 0.3) is 0 Å². The summed E-state index contributed by atoms with van der Waals surface area (Å²) in [7, 11) is 0. The van der Waals surface area contributed by atoms with Gasteiger partial charge in [-0.05, 0) is 0 Å². The molecule has 0 atom stereocenters. The average Bonchev–Trinajstić information content (AvgIpc) is 1.82. The topological polar surface area (TPSA) is 25.8 Å². The van der Waals surface area contributed by atoms with Crippen LogP contribution in [0.4, 0.5) is 13.2 Å². The third kappa shape index (κ3) is 3.27. The number of rotatable bonds is 1. The van der Waals surface area contributed by atoms with E-state index in [-0.39, 0.29) is 21.9 Å². The fourth-order valence-electron chi connectivity index (χ4n) is 0.493. The van der Waals surface area contributed by atoms with Gasteiger partial charge in [0.1, 0.15) is 10.2 Å². The smallest absolute Gasteiger partial charge is 0.259 e. The molecule has 0 aliphatic carbocycles. The summed E-state index contributed by atoms with van der Waals surface area (Å²) in [5, 5.41) is -0.306. The van der Waals surface area contributed by atoms with Crippen LogP contribution in [-0.4, -0.2) is 15.5 Å². The van der Waals surface area contributed by atoms with Crippen LogP contribution in [0.5, 0.6) is 0 Å². The highest BCUT2D eigenvalue weighted by molar-refractivity contribution is 8.00. The summed E-state index contributed by atoms with van der Waals surface area (Å²) in [6.45, 7) is 0. The predicted octanol–water partition coefficient (Wildman–Crippen LogP) is 2.74. The van der Waals surface area contributed by atoms with Crippen molar-refractivity contribution >= 4 is 23.4 Å². The zero-order valence-corrected chi connectivity index (χ0v) is 7.04. The molecule has 1 rings (SSSR count). The number of alkyl halides is 3. The Hall–Kier alpha value is -0.490. The van der Waals surface area contributed by atoms with Crippen LogP contribution in [0.15, 0.2) is 17.4 Å². The molecule has 1 aromatic rings. The maximum absolute atomic E-state index is 11.7. The molecule has 0 saturated heterocycles. The molecule has 1 heterocycles. The molecule has 0 amide bonds. The maximum Gasteiger partial charge on any atom is 0.447 e. The summed E-state index contributed by atoms with van der Waals surface area (Å²) in [6.07, 6.45) is 2.17. The molecule has 2 nitrogen and oxygen atoms in total. The van der Waals surface area contributed by atoms with Gasteiger partial charge in [-0.1, -0.05) is 11.6 Å². The van der Waals surface area contributed by atoms with E-state index in [4.69, 9.17) is 11.6 Å². The molecule has 66 valence electrons. The second-order valence-corrected chi connectivity index (χ2v) is 3.20. The third-order valence-electron chi connectivity index (χ3n) is 0.803. The first-order chi connectivity index (χ1) is 5.47. The van der Waals surface area contributed by atoms with E-state index in [0.717, 1.165) is 6.20 Å². The van der Waals surface area contributed by atoms with E-state index in [2.05, 4.69) is 9.97 Å². The van der Waals surface area contributed by atoms with Crippen molar-refractivity contribution in [3.8, 4) is 0 Å². The van der Waals surface area contributed by atoms with Crippen molar-refractivity contribution in [3.63, 3.8) is 0 Å². The molecule has 12 heavy (non-hydrogen) atoms. The third-order valence-corrected chi connectivity index (χ3v) is 1.62. The van der Waals surface area contributed by atoms with E-state index in [9.17, 15) is 13.2 Å². The molecule has 0 radical (unpaired) electrons. The Morgan fingerprint density at radius 2 is 2.00 bits per heavy atom. The van der Waals surface area contributed by atoms with E-state index >= 15 is 0 Å². The molecule has 0 N–H and O–H groups in total. The Kier molecular flexibility index (Phi) is 2.79. The lowest BCUT2D eigenvalue weighted by Gasteiger charge is -2.03. The van der Waals surface area contributed by atoms with Crippen LogP contribution in [0.3, 0.4) is 0 Å². The second kappa shape index (κ2) is 3.49. The molecule has 0 aliphatic rings. The lowest BCUT2D eigenvalue weighted by Crippen LogP contribution is -2.00. The lowest BCUT2D eigenvalue weighted by atomic mass is 10.8. The van der Waals surface area contributed by atoms with Crippen molar-refractivity contribution in [2.75, 3.05) is 0 Å². The zero-order chi connectivity index (χ0) is 9.19. The molecule has 0 fully saturated rings. The molecule has 7 heteroatoms. The summed E-state index contributed by atoms with van der Waals surface area (Å²) < 4.78 is 35.2. The Balaban J connectivity index is 2.77. The first-order valence-electron chi connectivity index (χ1n) is 2.71. The first-order valence-corrected chi connectivity index (χ1v) is 3.90. The van der Waals surface area contributed by atoms with Gasteiger partial charge in [-0.25, -0.2) is 4.98 Å². The number of thioether (sulfide) groups is 1. The number of hydrogen-bond acceptors (Lipinski definition) is 3. The van der Waals surface area contributed by atoms with Crippen molar-refractivity contribution in [3.05, 3.63) is 17.5 Å². The van der Waals surface area contributed by atoms with Gasteiger partial charge in [-0.2, -0.15) is 13.2 Å². The number of nitrogens with zero attached hydrogens (tertiary/aromatic N) is 2. The standard InChI is InChI=1S/C5H2ClF3N2S/c6-3-1-10-2-4(11-3)12-5(7,8)9/h1-2H. The highest BCUT2D eigenvalue weighted by Gasteiger charge is 2.30. The lowest BCUT2D eigenvalue weighted by molar-refractivity contribution is -0.0329. The van der Waals surface area contributed by atoms with Crippen LogP contribution in [0.2, 0.25) is 5.15 Å². The Morgan fingerprint density at radius 3 is 2.50 bits per heavy atom. The molecule has 0 saturated carbocycles. The van der Waals surface area contributed by atoms with Crippen LogP contribution < -0.4 is 0 Å². The van der Waals surface area contributed by atoms with Crippen molar-refractivity contribution in [2.45, 2.75) is 10.5 Å². The van der Waals surface area contributed by atoms with Crippen LogP contribution in [0, 0.1) is 0 Å². The van der Waals surface area contributed by atoms with Gasteiger partial charge in [-0.15, -0.1) is 0 Å². The largest absolute Gasteiger partial charge is 0.447 e. The van der Waals surface area contributed by atoms with Gasteiger partial charge >= 0.3 is 5.51 Å². The van der Waals surface area contributed by atoms with Gasteiger partial charge in [0.25, 0.3) is 0 Å². The molecule has 0 aliphatic heterocycles. The predicted molar refractivity (Wildman–Crippen MR) is 39.0 cm³/mol. The van der Waals surface area contributed by atoms with Crippen molar-refractivity contribution in [1.29, 1.82) is 0 Å². The van der Waals surface area contributed by atoms with E-state index < -0.39 is 5.51 Å². The summed E-state index contributed by atoms with van der Waals surface area (Å²) in [6, 6.07) is 0. The van der Waals surface area contributed by atoms with Crippen LogP contribution >= 0.6 is 23.4 Å². The normalized spacial score (nSPS) is 11.7. The fourth-order valence-corrected chi connectivity index (χ4v) is 1.19. The molecule has 0 spiro atoms. The minimum atomic E-state index is -4.35. The molecule has 1 aromatic heterocycles. The Bertz CT molecular complexity index is 278. The zero-order valence-electron chi connectivity index (χ0n) is 5.47. The second-order valence-electron chi connectivity index (χ2n) is 1.73. The van der Waals surface area contributed by atoms with Gasteiger partial charge < -0.3 is 0 Å². The average molecular weight is 215 g/mol. The highest BCUT2D eigenvalue weighted by Crippen LogP contribution is 2.35. The van der Waals surface area contributed by atoms with Crippen molar-refractivity contribution < 1.29 is 13.2 Å². The van der Waals surface area contributed by atoms with Gasteiger partial charge in [-0.3, -0.25) is 4.98 Å². The van der Waals surface area contributed by atoms with Gasteiger partial charge in [0.2, 0.25) is 0 Å². The molecule has 0 bridgehead atoms. The minimum absolute atomic E-state index is 0.0516. The fraction of sp³-hybridized carbons (Fsp3) is 0.200. The first kappa shape index (κ1) is 9.60. The summed E-state index contributed by atoms with van der Waals surface area (Å²) in [5.74, 6) is 0. The SMILES string of the molecule is FC(F)(F)Sc1cncc(Cl)n1. The minimum Gasteiger partial charge on any atom is -0.259 e. The van der Waals surface area contributed by atoms with Crippen LogP contribution in [0.1, 0.15) is 0 Å². The molecule has 0 unspecified atom stereocenters. The van der Waals surface area contributed by atoms with E-state index in [1.165, 1.54) is 6.20 Å². The van der Waals surface area contributed by atoms with Crippen LogP contribution in [-0.2, 0) is 0 Å². The van der Waals surface area contributed by atoms with Gasteiger partial charge in [0, 0.05) is 11.8 Å². The monoisotopic (exact) mass is 214 g/mol. The van der Waals surface area contributed by atoms with Crippen molar-refractivity contribution in [2.24, 2.45) is 0 Å². The maximum atomic E-state index is 11.7. The summed E-state index contributed by atoms with van der Waals surface area (Å²) in [5.41, 5.74) is -4.35. The summed E-state index contributed by atoms with van der Waals surface area (Å²) in [4.78, 5) is 6.86. The quantitative estimate of drug-likeness (QED) is 0.673. The number of aromatic nitrogens is 2. The Labute approximate surface area is 75.2 Å². The van der Waals surface area contributed by atoms with Crippen molar-refractivity contribution in [1.82, 2.24) is 9.97 Å². The molecular weight excluding hydrogens is 213 g/mol. The number of hydrogen-bond donors (Lipinski definition) is 0. The molecular formula is C5H2ClF3N2S. The summed E-state index contributed by atoms with van der Waals surface area (Å²) >= 11 is 4.98. The Morgan fingerprint density at radius 1 is 1.33 bits per heavy atom. The van der Waals surface area contributed by atoms with E-state index in [1.54, 1.807) is 0 Å². The molecule has 0 aromatic carbocycles. The number of halogens is 4.